The number of hydrogen-bond acceptors (Lipinski definition) is 1. The van der Waals surface area contributed by atoms with E-state index in [-0.39, 0.29) is 0 Å². The second-order valence-electron chi connectivity index (χ2n) is 2.03. The molecule has 0 saturated carbocycles. The third-order valence-corrected chi connectivity index (χ3v) is 1.49. The highest BCUT2D eigenvalue weighted by Gasteiger charge is 2.06. The molecule has 0 aliphatic rings. The lowest BCUT2D eigenvalue weighted by molar-refractivity contribution is 0.248. The van der Waals surface area contributed by atoms with Crippen LogP contribution in [0, 0.1) is 0 Å². The summed E-state index contributed by atoms with van der Waals surface area (Å²) in [5.41, 5.74) is 0.647. The molecule has 0 unspecified atom stereocenters. The number of para-hydroxylation sites is 1. The number of urea groups is 1. The van der Waals surface area contributed by atoms with E-state index in [2.05, 4.69) is 5.32 Å². The zero-order chi connectivity index (χ0) is 8.97. The van der Waals surface area contributed by atoms with Crippen LogP contribution in [-0.4, -0.2) is 9.97 Å². The van der Waals surface area contributed by atoms with Crippen LogP contribution in [0.25, 0.3) is 0 Å². The number of carbonyl (C=O) groups excluding carboxylic acids is 1. The summed E-state index contributed by atoms with van der Waals surface area (Å²) < 4.78 is 0.438. The highest BCUT2D eigenvalue weighted by Crippen LogP contribution is 2.08. The fourth-order valence-electron chi connectivity index (χ4n) is 0.687. The lowest BCUT2D eigenvalue weighted by atomic mass is 10.3. The van der Waals surface area contributed by atoms with Gasteiger partial charge in [0.25, 0.3) is 0 Å². The first-order chi connectivity index (χ1) is 5.70. The summed E-state index contributed by atoms with van der Waals surface area (Å²) in [5, 5.41) is 2.46. The summed E-state index contributed by atoms with van der Waals surface area (Å²) in [5.74, 6) is 0. The molecule has 12 heavy (non-hydrogen) atoms. The molecular formula is C7H6Cl2N2O. The van der Waals surface area contributed by atoms with Crippen molar-refractivity contribution in [2.75, 3.05) is 5.32 Å². The number of halogens is 2. The highest BCUT2D eigenvalue weighted by molar-refractivity contribution is 6.42. The fourth-order valence-corrected chi connectivity index (χ4v) is 0.772. The molecule has 0 heterocycles. The molecule has 0 saturated heterocycles. The van der Waals surface area contributed by atoms with Crippen LogP contribution >= 0.6 is 23.6 Å². The second-order valence-corrected chi connectivity index (χ2v) is 2.88. The molecule has 0 atom stereocenters. The lowest BCUT2D eigenvalue weighted by Gasteiger charge is -2.05. The normalized spacial score (nSPS) is 9.17. The average molecular weight is 205 g/mol. The molecule has 0 aromatic heterocycles. The minimum atomic E-state index is -0.579. The van der Waals surface area contributed by atoms with Gasteiger partial charge in [-0.15, -0.1) is 3.94 Å². The lowest BCUT2D eigenvalue weighted by Crippen LogP contribution is -2.18. The van der Waals surface area contributed by atoms with Gasteiger partial charge in [-0.1, -0.05) is 18.2 Å². The number of carbonyl (C=O) groups is 1. The molecule has 3 nitrogen and oxygen atoms in total. The third-order valence-electron chi connectivity index (χ3n) is 1.18. The number of rotatable bonds is 1. The second kappa shape index (κ2) is 4.18. The quantitative estimate of drug-likeness (QED) is 0.702. The van der Waals surface area contributed by atoms with Gasteiger partial charge in [0, 0.05) is 29.2 Å². The molecule has 0 fully saturated rings. The van der Waals surface area contributed by atoms with Crippen molar-refractivity contribution in [1.29, 1.82) is 0 Å². The monoisotopic (exact) mass is 204 g/mol. The van der Waals surface area contributed by atoms with Gasteiger partial charge in [0.1, 0.15) is 0 Å². The van der Waals surface area contributed by atoms with E-state index in [9.17, 15) is 4.79 Å². The number of hydrogen-bond donors (Lipinski definition) is 1. The summed E-state index contributed by atoms with van der Waals surface area (Å²) in [6.45, 7) is 0. The van der Waals surface area contributed by atoms with Gasteiger partial charge in [0.05, 0.1) is 0 Å². The van der Waals surface area contributed by atoms with Crippen molar-refractivity contribution >= 4 is 35.3 Å². The Morgan fingerprint density at radius 3 is 2.33 bits per heavy atom. The molecule has 1 N–H and O–H groups in total. The molecule has 1 aromatic rings. The smallest absolute Gasteiger partial charge is 0.306 e. The first-order valence-corrected chi connectivity index (χ1v) is 3.85. The summed E-state index contributed by atoms with van der Waals surface area (Å²) in [7, 11) is 0. The van der Waals surface area contributed by atoms with Crippen LogP contribution in [0.1, 0.15) is 0 Å². The van der Waals surface area contributed by atoms with Crippen LogP contribution in [0.15, 0.2) is 30.3 Å². The molecule has 0 radical (unpaired) electrons. The van der Waals surface area contributed by atoms with Gasteiger partial charge in [-0.05, 0) is 12.1 Å². The van der Waals surface area contributed by atoms with E-state index in [4.69, 9.17) is 23.6 Å². The van der Waals surface area contributed by atoms with Crippen molar-refractivity contribution < 1.29 is 4.79 Å². The molecule has 0 spiro atoms. The number of nitrogens with zero attached hydrogens (tertiary/aromatic N) is 1. The maximum atomic E-state index is 10.9. The third kappa shape index (κ3) is 2.60. The number of nitrogens with one attached hydrogen (secondary N) is 1. The summed E-state index contributed by atoms with van der Waals surface area (Å²) in [6, 6.07) is 8.31. The van der Waals surface area contributed by atoms with E-state index < -0.39 is 6.03 Å². The predicted molar refractivity (Wildman–Crippen MR) is 49.0 cm³/mol. The average Bonchev–Trinajstić information content (AvgIpc) is 2.06. The SMILES string of the molecule is O=C(Nc1ccccc1)N(Cl)Cl. The Hall–Kier alpha value is -0.930. The van der Waals surface area contributed by atoms with Crippen molar-refractivity contribution in [3.05, 3.63) is 30.3 Å². The van der Waals surface area contributed by atoms with E-state index in [0.29, 0.717) is 9.63 Å². The van der Waals surface area contributed by atoms with Crippen LogP contribution in [0.3, 0.4) is 0 Å². The van der Waals surface area contributed by atoms with Crippen molar-refractivity contribution in [2.24, 2.45) is 0 Å². The minimum absolute atomic E-state index is 0.438. The van der Waals surface area contributed by atoms with E-state index in [1.165, 1.54) is 0 Å². The largest absolute Gasteiger partial charge is 0.351 e. The molecule has 1 rings (SSSR count). The van der Waals surface area contributed by atoms with Gasteiger partial charge < -0.3 is 5.32 Å². The standard InChI is InChI=1S/C7H6Cl2N2O/c8-11(9)7(12)10-6-4-2-1-3-5-6/h1-5H,(H,10,12). The van der Waals surface area contributed by atoms with Crippen LogP contribution in [-0.2, 0) is 0 Å². The van der Waals surface area contributed by atoms with Gasteiger partial charge in [-0.2, -0.15) is 0 Å². The van der Waals surface area contributed by atoms with E-state index in [1.54, 1.807) is 24.3 Å². The topological polar surface area (TPSA) is 32.3 Å². The van der Waals surface area contributed by atoms with Gasteiger partial charge in [-0.3, -0.25) is 0 Å². The Morgan fingerprint density at radius 2 is 1.83 bits per heavy atom. The zero-order valence-electron chi connectivity index (χ0n) is 6.00. The Bertz CT molecular complexity index is 263. The Labute approximate surface area is 80.1 Å². The predicted octanol–water partition coefficient (Wildman–Crippen LogP) is 2.83. The van der Waals surface area contributed by atoms with E-state index >= 15 is 0 Å². The Kier molecular flexibility index (Phi) is 3.19. The van der Waals surface area contributed by atoms with Crippen LogP contribution in [0.4, 0.5) is 10.5 Å². The molecule has 64 valence electrons. The molecule has 0 bridgehead atoms. The van der Waals surface area contributed by atoms with Crippen molar-refractivity contribution in [1.82, 2.24) is 3.94 Å². The van der Waals surface area contributed by atoms with Crippen molar-refractivity contribution in [3.8, 4) is 0 Å². The summed E-state index contributed by atoms with van der Waals surface area (Å²) >= 11 is 10.3. The van der Waals surface area contributed by atoms with Crippen LogP contribution in [0.5, 0.6) is 0 Å². The highest BCUT2D eigenvalue weighted by atomic mass is 35.5. The van der Waals surface area contributed by atoms with Gasteiger partial charge >= 0.3 is 6.03 Å². The van der Waals surface area contributed by atoms with E-state index in [0.717, 1.165) is 0 Å². The van der Waals surface area contributed by atoms with Gasteiger partial charge in [0.2, 0.25) is 0 Å². The van der Waals surface area contributed by atoms with E-state index in [1.807, 2.05) is 6.07 Å². The van der Waals surface area contributed by atoms with Crippen LogP contribution < -0.4 is 5.32 Å². The Morgan fingerprint density at radius 1 is 1.25 bits per heavy atom. The van der Waals surface area contributed by atoms with Gasteiger partial charge in [-0.25, -0.2) is 4.79 Å². The van der Waals surface area contributed by atoms with Crippen LogP contribution in [0.2, 0.25) is 0 Å². The van der Waals surface area contributed by atoms with Crippen molar-refractivity contribution in [3.63, 3.8) is 0 Å². The van der Waals surface area contributed by atoms with Gasteiger partial charge in [0.15, 0.2) is 0 Å². The Balaban J connectivity index is 2.59. The fraction of sp³-hybridized carbons (Fsp3) is 0. The number of benzene rings is 1. The summed E-state index contributed by atoms with van der Waals surface area (Å²) in [4.78, 5) is 10.9. The molecule has 0 aliphatic carbocycles. The molecular weight excluding hydrogens is 199 g/mol. The zero-order valence-corrected chi connectivity index (χ0v) is 7.51. The first kappa shape index (κ1) is 9.16. The molecule has 5 heteroatoms. The number of anilines is 1. The molecule has 2 amide bonds. The maximum Gasteiger partial charge on any atom is 0.351 e. The maximum absolute atomic E-state index is 10.9. The summed E-state index contributed by atoms with van der Waals surface area (Å²) in [6.07, 6.45) is 0. The minimum Gasteiger partial charge on any atom is -0.306 e. The molecule has 1 aromatic carbocycles. The number of amides is 2. The first-order valence-electron chi connectivity index (χ1n) is 3.18. The van der Waals surface area contributed by atoms with Crippen molar-refractivity contribution in [2.45, 2.75) is 0 Å². The molecule has 0 aliphatic heterocycles.